The molecule has 27 heavy (non-hydrogen) atoms. The number of pyridine rings is 1. The number of methoxy groups -OCH3 is 1. The van der Waals surface area contributed by atoms with Crippen molar-refractivity contribution in [2.75, 3.05) is 33.4 Å². The first kappa shape index (κ1) is 20.7. The first-order chi connectivity index (χ1) is 13.3. The highest BCUT2D eigenvalue weighted by molar-refractivity contribution is 5.79. The van der Waals surface area contributed by atoms with Crippen molar-refractivity contribution in [1.29, 1.82) is 0 Å². The molecule has 1 aromatic heterocycles. The molecule has 0 saturated heterocycles. The quantitative estimate of drug-likeness (QED) is 0.362. The summed E-state index contributed by atoms with van der Waals surface area (Å²) in [5.74, 6) is 1.67. The Labute approximate surface area is 162 Å². The molecule has 0 bridgehead atoms. The van der Waals surface area contributed by atoms with Crippen molar-refractivity contribution in [3.63, 3.8) is 0 Å². The molecule has 0 saturated carbocycles. The lowest BCUT2D eigenvalue weighted by Gasteiger charge is -2.11. The van der Waals surface area contributed by atoms with E-state index >= 15 is 0 Å². The van der Waals surface area contributed by atoms with E-state index in [9.17, 15) is 0 Å². The third-order valence-corrected chi connectivity index (χ3v) is 3.82. The summed E-state index contributed by atoms with van der Waals surface area (Å²) in [6, 6.07) is 14.0. The lowest BCUT2D eigenvalue weighted by Crippen LogP contribution is -2.38. The number of guanidine groups is 1. The molecular formula is C21H30N4O2. The van der Waals surface area contributed by atoms with Gasteiger partial charge < -0.3 is 20.1 Å². The van der Waals surface area contributed by atoms with E-state index < -0.39 is 0 Å². The van der Waals surface area contributed by atoms with Gasteiger partial charge in [-0.25, -0.2) is 4.99 Å². The van der Waals surface area contributed by atoms with Crippen LogP contribution in [0.4, 0.5) is 0 Å². The molecule has 6 heteroatoms. The summed E-state index contributed by atoms with van der Waals surface area (Å²) < 4.78 is 10.8. The molecule has 0 aliphatic carbocycles. The molecule has 0 aliphatic heterocycles. The number of hydrogen-bond donors (Lipinski definition) is 2. The number of benzene rings is 1. The van der Waals surface area contributed by atoms with Crippen LogP contribution in [0.3, 0.4) is 0 Å². The summed E-state index contributed by atoms with van der Waals surface area (Å²) in [5, 5.41) is 6.63. The maximum absolute atomic E-state index is 5.75. The zero-order chi connectivity index (χ0) is 19.2. The molecule has 1 heterocycles. The number of ether oxygens (including phenoxy) is 2. The minimum Gasteiger partial charge on any atom is -0.493 e. The van der Waals surface area contributed by atoms with Crippen LogP contribution >= 0.6 is 0 Å². The van der Waals surface area contributed by atoms with Gasteiger partial charge in [0, 0.05) is 51.5 Å². The second kappa shape index (κ2) is 12.7. The van der Waals surface area contributed by atoms with Crippen molar-refractivity contribution >= 4 is 5.96 Å². The van der Waals surface area contributed by atoms with Crippen LogP contribution in [0.15, 0.2) is 53.7 Å². The van der Waals surface area contributed by atoms with E-state index in [0.29, 0.717) is 19.8 Å². The van der Waals surface area contributed by atoms with E-state index in [1.807, 2.05) is 42.6 Å². The number of aliphatic imine (C=N–C) groups is 1. The molecule has 6 nitrogen and oxygen atoms in total. The van der Waals surface area contributed by atoms with Gasteiger partial charge in [0.05, 0.1) is 13.2 Å². The third kappa shape index (κ3) is 8.55. The van der Waals surface area contributed by atoms with Crippen LogP contribution in [0.2, 0.25) is 0 Å². The molecule has 0 aliphatic rings. The molecule has 1 aromatic carbocycles. The van der Waals surface area contributed by atoms with Crippen LogP contribution in [0.1, 0.15) is 24.6 Å². The molecule has 0 atom stereocenters. The predicted molar refractivity (Wildman–Crippen MR) is 109 cm³/mol. The number of nitrogens with one attached hydrogen (secondary N) is 2. The second-order valence-electron chi connectivity index (χ2n) is 6.04. The van der Waals surface area contributed by atoms with Crippen molar-refractivity contribution in [3.8, 4) is 5.75 Å². The van der Waals surface area contributed by atoms with E-state index in [-0.39, 0.29) is 0 Å². The van der Waals surface area contributed by atoms with Crippen LogP contribution in [0.5, 0.6) is 5.75 Å². The monoisotopic (exact) mass is 370 g/mol. The summed E-state index contributed by atoms with van der Waals surface area (Å²) >= 11 is 0. The van der Waals surface area contributed by atoms with Crippen molar-refractivity contribution in [1.82, 2.24) is 15.6 Å². The van der Waals surface area contributed by atoms with Gasteiger partial charge in [-0.3, -0.25) is 4.98 Å². The third-order valence-electron chi connectivity index (χ3n) is 3.82. The Morgan fingerprint density at radius 3 is 2.81 bits per heavy atom. The topological polar surface area (TPSA) is 67.8 Å². The second-order valence-corrected chi connectivity index (χ2v) is 6.04. The van der Waals surface area contributed by atoms with Gasteiger partial charge in [-0.05, 0) is 36.8 Å². The van der Waals surface area contributed by atoms with Gasteiger partial charge in [0.2, 0.25) is 0 Å². The Morgan fingerprint density at radius 1 is 1.11 bits per heavy atom. The van der Waals surface area contributed by atoms with Crippen LogP contribution in [-0.2, 0) is 17.7 Å². The Balaban J connectivity index is 1.84. The van der Waals surface area contributed by atoms with Gasteiger partial charge in [-0.1, -0.05) is 18.2 Å². The van der Waals surface area contributed by atoms with Crippen LogP contribution in [0.25, 0.3) is 0 Å². The number of aromatic nitrogens is 1. The van der Waals surface area contributed by atoms with E-state index in [0.717, 1.165) is 48.9 Å². The molecule has 0 amide bonds. The Bertz CT molecular complexity index is 677. The normalized spacial score (nSPS) is 11.3. The van der Waals surface area contributed by atoms with Crippen molar-refractivity contribution in [2.45, 2.75) is 26.3 Å². The van der Waals surface area contributed by atoms with Crippen LogP contribution in [0, 0.1) is 0 Å². The minimum atomic E-state index is 0.591. The standard InChI is InChI=1S/C21H30N4O2/c1-3-22-21(24-13-11-19-9-4-5-12-23-19)25-17-18-8-6-10-20(16-18)27-15-7-14-26-2/h4-6,8-10,12,16H,3,7,11,13-15,17H2,1-2H3,(H2,22,24,25). The fourth-order valence-corrected chi connectivity index (χ4v) is 2.49. The van der Waals surface area contributed by atoms with E-state index in [2.05, 4.69) is 33.6 Å². The van der Waals surface area contributed by atoms with Gasteiger partial charge in [-0.2, -0.15) is 0 Å². The summed E-state index contributed by atoms with van der Waals surface area (Å²) in [7, 11) is 1.70. The van der Waals surface area contributed by atoms with E-state index in [1.165, 1.54) is 0 Å². The summed E-state index contributed by atoms with van der Waals surface area (Å²) in [5.41, 5.74) is 2.18. The maximum Gasteiger partial charge on any atom is 0.191 e. The van der Waals surface area contributed by atoms with Gasteiger partial charge in [0.25, 0.3) is 0 Å². The van der Waals surface area contributed by atoms with Crippen molar-refractivity contribution in [3.05, 3.63) is 59.9 Å². The molecule has 0 fully saturated rings. The van der Waals surface area contributed by atoms with Crippen molar-refractivity contribution in [2.24, 2.45) is 4.99 Å². The number of rotatable bonds is 11. The van der Waals surface area contributed by atoms with Gasteiger partial charge in [0.1, 0.15) is 5.75 Å². The molecule has 146 valence electrons. The van der Waals surface area contributed by atoms with Crippen LogP contribution in [-0.4, -0.2) is 44.4 Å². The molecule has 2 N–H and O–H groups in total. The number of hydrogen-bond acceptors (Lipinski definition) is 4. The molecule has 0 radical (unpaired) electrons. The summed E-state index contributed by atoms with van der Waals surface area (Å²) in [6.07, 6.45) is 3.55. The van der Waals surface area contributed by atoms with Gasteiger partial charge >= 0.3 is 0 Å². The zero-order valence-electron chi connectivity index (χ0n) is 16.3. The molecular weight excluding hydrogens is 340 g/mol. The summed E-state index contributed by atoms with van der Waals surface area (Å²) in [4.78, 5) is 9.00. The van der Waals surface area contributed by atoms with Gasteiger partial charge in [0.15, 0.2) is 5.96 Å². The Morgan fingerprint density at radius 2 is 2.04 bits per heavy atom. The smallest absolute Gasteiger partial charge is 0.191 e. The highest BCUT2D eigenvalue weighted by Crippen LogP contribution is 2.14. The molecule has 2 rings (SSSR count). The first-order valence-electron chi connectivity index (χ1n) is 9.44. The van der Waals surface area contributed by atoms with E-state index in [4.69, 9.17) is 9.47 Å². The highest BCUT2D eigenvalue weighted by atomic mass is 16.5. The zero-order valence-corrected chi connectivity index (χ0v) is 16.3. The molecule has 0 unspecified atom stereocenters. The molecule has 0 spiro atoms. The fourth-order valence-electron chi connectivity index (χ4n) is 2.49. The lowest BCUT2D eigenvalue weighted by molar-refractivity contribution is 0.172. The predicted octanol–water partition coefficient (Wildman–Crippen LogP) is 2.79. The average Bonchev–Trinajstić information content (AvgIpc) is 2.70. The average molecular weight is 370 g/mol. The maximum atomic E-state index is 5.75. The Kier molecular flexibility index (Phi) is 9.74. The largest absolute Gasteiger partial charge is 0.493 e. The fraction of sp³-hybridized carbons (Fsp3) is 0.429. The van der Waals surface area contributed by atoms with Crippen LogP contribution < -0.4 is 15.4 Å². The first-order valence-corrected chi connectivity index (χ1v) is 9.44. The Hall–Kier alpha value is -2.60. The van der Waals surface area contributed by atoms with Gasteiger partial charge in [-0.15, -0.1) is 0 Å². The number of nitrogens with zero attached hydrogens (tertiary/aromatic N) is 2. The SMILES string of the molecule is CCNC(=NCc1cccc(OCCCOC)c1)NCCc1ccccn1. The minimum absolute atomic E-state index is 0.591. The summed E-state index contributed by atoms with van der Waals surface area (Å²) in [6.45, 7) is 5.61. The van der Waals surface area contributed by atoms with Crippen molar-refractivity contribution < 1.29 is 9.47 Å². The lowest BCUT2D eigenvalue weighted by atomic mass is 10.2. The molecule has 2 aromatic rings. The highest BCUT2D eigenvalue weighted by Gasteiger charge is 2.00. The van der Waals surface area contributed by atoms with E-state index in [1.54, 1.807) is 7.11 Å².